The van der Waals surface area contributed by atoms with Gasteiger partial charge in [-0.3, -0.25) is 14.6 Å². The average Bonchev–Trinajstić information content (AvgIpc) is 2.82. The number of carbonyl (C=O) groups excluding carboxylic acids is 3. The second-order valence-electron chi connectivity index (χ2n) is 8.65. The largest absolute Gasteiger partial charge is 0.467 e. The van der Waals surface area contributed by atoms with Gasteiger partial charge in [0.25, 0.3) is 0 Å². The number of pyridine rings is 1. The number of methoxy groups -OCH3 is 1. The fourth-order valence-electron chi connectivity index (χ4n) is 4.49. The summed E-state index contributed by atoms with van der Waals surface area (Å²) in [6.07, 6.45) is 8.99. The van der Waals surface area contributed by atoms with Crippen LogP contribution < -0.4 is 5.32 Å². The Morgan fingerprint density at radius 3 is 2.55 bits per heavy atom. The van der Waals surface area contributed by atoms with Gasteiger partial charge >= 0.3 is 5.97 Å². The van der Waals surface area contributed by atoms with Crippen LogP contribution in [0.2, 0.25) is 0 Å². The van der Waals surface area contributed by atoms with Crippen LogP contribution in [0, 0.1) is 5.92 Å². The van der Waals surface area contributed by atoms with Gasteiger partial charge in [0.15, 0.2) is 0 Å². The van der Waals surface area contributed by atoms with Gasteiger partial charge in [-0.1, -0.05) is 25.3 Å². The van der Waals surface area contributed by atoms with Crippen LogP contribution in [0.5, 0.6) is 0 Å². The fourth-order valence-corrected chi connectivity index (χ4v) is 5.31. The van der Waals surface area contributed by atoms with Crippen molar-refractivity contribution in [3.8, 4) is 0 Å². The fraction of sp³-hybridized carbons (Fsp3) is 0.636. The van der Waals surface area contributed by atoms with E-state index in [2.05, 4.69) is 10.3 Å². The topological polar surface area (TPSA) is 126 Å². The molecule has 1 aromatic rings. The molecule has 2 atom stereocenters. The van der Waals surface area contributed by atoms with Crippen molar-refractivity contribution in [1.82, 2.24) is 19.5 Å². The van der Waals surface area contributed by atoms with Crippen molar-refractivity contribution < 1.29 is 27.5 Å². The SMILES string of the molecule is COC(=O)[C@@H](Cc1cccnc1)NC(=O)[C@H]1CN(S(C)(=O)=O)CCN1C(=O)C1CCCCC1. The molecular weight excluding hydrogens is 448 g/mol. The third kappa shape index (κ3) is 6.50. The van der Waals surface area contributed by atoms with Crippen molar-refractivity contribution in [2.45, 2.75) is 50.6 Å². The zero-order valence-electron chi connectivity index (χ0n) is 19.1. The molecule has 0 spiro atoms. The van der Waals surface area contributed by atoms with Gasteiger partial charge < -0.3 is 15.0 Å². The summed E-state index contributed by atoms with van der Waals surface area (Å²) in [5.41, 5.74) is 0.727. The van der Waals surface area contributed by atoms with Crippen LogP contribution >= 0.6 is 0 Å². The lowest BCUT2D eigenvalue weighted by atomic mass is 9.87. The number of piperazine rings is 1. The highest BCUT2D eigenvalue weighted by Gasteiger charge is 2.41. The van der Waals surface area contributed by atoms with Gasteiger partial charge in [0, 0.05) is 44.4 Å². The van der Waals surface area contributed by atoms with E-state index in [0.29, 0.717) is 0 Å². The number of amides is 2. The van der Waals surface area contributed by atoms with Crippen LogP contribution in [0.25, 0.3) is 0 Å². The first kappa shape index (κ1) is 25.1. The lowest BCUT2D eigenvalue weighted by Crippen LogP contribution is -2.63. The van der Waals surface area contributed by atoms with Crippen molar-refractivity contribution in [3.05, 3.63) is 30.1 Å². The third-order valence-corrected chi connectivity index (χ3v) is 7.59. The quantitative estimate of drug-likeness (QED) is 0.558. The van der Waals surface area contributed by atoms with Gasteiger partial charge in [0.1, 0.15) is 12.1 Å². The summed E-state index contributed by atoms with van der Waals surface area (Å²) in [5.74, 6) is -1.49. The summed E-state index contributed by atoms with van der Waals surface area (Å²) in [7, 11) is -2.32. The molecule has 2 aliphatic rings. The molecule has 1 aromatic heterocycles. The maximum atomic E-state index is 13.3. The molecule has 182 valence electrons. The molecule has 11 heteroatoms. The van der Waals surface area contributed by atoms with Crippen LogP contribution in [0.1, 0.15) is 37.7 Å². The predicted octanol–water partition coefficient (Wildman–Crippen LogP) is 0.335. The minimum Gasteiger partial charge on any atom is -0.467 e. The van der Waals surface area contributed by atoms with Gasteiger partial charge in [0.2, 0.25) is 21.8 Å². The number of sulfonamides is 1. The van der Waals surface area contributed by atoms with E-state index in [9.17, 15) is 22.8 Å². The molecule has 0 bridgehead atoms. The summed E-state index contributed by atoms with van der Waals surface area (Å²) >= 11 is 0. The number of ether oxygens (including phenoxy) is 1. The molecule has 1 aliphatic carbocycles. The summed E-state index contributed by atoms with van der Waals surface area (Å²) in [4.78, 5) is 44.5. The Kier molecular flexibility index (Phi) is 8.41. The van der Waals surface area contributed by atoms with E-state index in [1.54, 1.807) is 24.5 Å². The number of nitrogens with one attached hydrogen (secondary N) is 1. The Morgan fingerprint density at radius 1 is 1.21 bits per heavy atom. The summed E-state index contributed by atoms with van der Waals surface area (Å²) in [6.45, 7) is 0.118. The minimum atomic E-state index is -3.55. The number of hydrogen-bond acceptors (Lipinski definition) is 7. The second kappa shape index (κ2) is 11.1. The molecular formula is C22H32N4O6S. The normalized spacial score (nSPS) is 21.3. The van der Waals surface area contributed by atoms with E-state index in [1.165, 1.54) is 16.3 Å². The zero-order chi connectivity index (χ0) is 24.0. The minimum absolute atomic E-state index is 0.120. The summed E-state index contributed by atoms with van der Waals surface area (Å²) < 4.78 is 30.4. The van der Waals surface area contributed by atoms with Gasteiger partial charge in [-0.25, -0.2) is 13.2 Å². The molecule has 0 unspecified atom stereocenters. The Morgan fingerprint density at radius 2 is 1.94 bits per heavy atom. The van der Waals surface area contributed by atoms with E-state index >= 15 is 0 Å². The number of nitrogens with zero attached hydrogens (tertiary/aromatic N) is 3. The van der Waals surface area contributed by atoms with E-state index < -0.39 is 34.0 Å². The number of esters is 1. The molecule has 2 fully saturated rings. The van der Waals surface area contributed by atoms with Crippen molar-refractivity contribution in [2.24, 2.45) is 5.92 Å². The number of carbonyl (C=O) groups is 3. The van der Waals surface area contributed by atoms with Crippen LogP contribution in [0.3, 0.4) is 0 Å². The van der Waals surface area contributed by atoms with E-state index in [0.717, 1.165) is 43.9 Å². The highest BCUT2D eigenvalue weighted by atomic mass is 32.2. The number of hydrogen-bond donors (Lipinski definition) is 1. The number of rotatable bonds is 7. The lowest BCUT2D eigenvalue weighted by molar-refractivity contribution is -0.149. The Hall–Kier alpha value is -2.53. The van der Waals surface area contributed by atoms with Crippen molar-refractivity contribution >= 4 is 27.8 Å². The first-order chi connectivity index (χ1) is 15.7. The van der Waals surface area contributed by atoms with Crippen molar-refractivity contribution in [1.29, 1.82) is 0 Å². The average molecular weight is 481 g/mol. The first-order valence-electron chi connectivity index (χ1n) is 11.2. The van der Waals surface area contributed by atoms with Gasteiger partial charge in [-0.05, 0) is 24.5 Å². The monoisotopic (exact) mass is 480 g/mol. The Labute approximate surface area is 194 Å². The Bertz CT molecular complexity index is 949. The molecule has 10 nitrogen and oxygen atoms in total. The maximum absolute atomic E-state index is 13.3. The first-order valence-corrected chi connectivity index (χ1v) is 13.1. The highest BCUT2D eigenvalue weighted by molar-refractivity contribution is 7.88. The van der Waals surface area contributed by atoms with Crippen LogP contribution in [0.4, 0.5) is 0 Å². The van der Waals surface area contributed by atoms with E-state index in [-0.39, 0.29) is 37.9 Å². The molecule has 2 heterocycles. The molecule has 33 heavy (non-hydrogen) atoms. The molecule has 3 rings (SSSR count). The van der Waals surface area contributed by atoms with Crippen LogP contribution in [-0.2, 0) is 35.6 Å². The second-order valence-corrected chi connectivity index (χ2v) is 10.6. The maximum Gasteiger partial charge on any atom is 0.328 e. The van der Waals surface area contributed by atoms with E-state index in [1.807, 2.05) is 0 Å². The van der Waals surface area contributed by atoms with E-state index in [4.69, 9.17) is 4.74 Å². The summed E-state index contributed by atoms with van der Waals surface area (Å²) in [5, 5.41) is 2.69. The van der Waals surface area contributed by atoms with Crippen molar-refractivity contribution in [3.63, 3.8) is 0 Å². The summed E-state index contributed by atoms with van der Waals surface area (Å²) in [6, 6.07) is 1.48. The molecule has 1 saturated carbocycles. The van der Waals surface area contributed by atoms with Gasteiger partial charge in [0.05, 0.1) is 13.4 Å². The molecule has 1 N–H and O–H groups in total. The van der Waals surface area contributed by atoms with Crippen molar-refractivity contribution in [2.75, 3.05) is 33.0 Å². The number of aromatic nitrogens is 1. The smallest absolute Gasteiger partial charge is 0.328 e. The molecule has 0 aromatic carbocycles. The van der Waals surface area contributed by atoms with Crippen LogP contribution in [0.15, 0.2) is 24.5 Å². The van der Waals surface area contributed by atoms with Crippen LogP contribution in [-0.4, -0.2) is 85.5 Å². The third-order valence-electron chi connectivity index (χ3n) is 6.32. The molecule has 2 amide bonds. The highest BCUT2D eigenvalue weighted by Crippen LogP contribution is 2.27. The standard InChI is InChI=1S/C22H32N4O6S/c1-32-22(29)18(13-16-7-6-10-23-14-16)24-20(27)19-15-25(33(2,30)31)11-12-26(19)21(28)17-8-4-3-5-9-17/h6-7,10,14,17-19H,3-5,8-9,11-13,15H2,1-2H3,(H,24,27)/t18-,19-/m1/s1. The molecule has 1 aliphatic heterocycles. The Balaban J connectivity index is 1.81. The molecule has 1 saturated heterocycles. The van der Waals surface area contributed by atoms with Gasteiger partial charge in [-0.2, -0.15) is 4.31 Å². The molecule has 0 radical (unpaired) electrons. The van der Waals surface area contributed by atoms with Gasteiger partial charge in [-0.15, -0.1) is 0 Å². The lowest BCUT2D eigenvalue weighted by Gasteiger charge is -2.41. The predicted molar refractivity (Wildman–Crippen MR) is 120 cm³/mol. The zero-order valence-corrected chi connectivity index (χ0v) is 19.9.